The molecular formula is C27H29FN8O. The average molecular weight is 501 g/mol. The van der Waals surface area contributed by atoms with Crippen LogP contribution in [0.3, 0.4) is 0 Å². The van der Waals surface area contributed by atoms with E-state index in [9.17, 15) is 0 Å². The van der Waals surface area contributed by atoms with Crippen molar-refractivity contribution in [3.63, 3.8) is 0 Å². The SMILES string of the molecule is CNc1ccc(Oc2ccc(Nc3ncnc4ccc(N5CCC(C)CC5)nc34)c(F)c2C)cc1N=N. The number of nitrogens with zero attached hydrogens (tertiary/aromatic N) is 5. The summed E-state index contributed by atoms with van der Waals surface area (Å²) in [5, 5.41) is 9.59. The maximum absolute atomic E-state index is 15.4. The van der Waals surface area contributed by atoms with E-state index in [-0.39, 0.29) is 5.69 Å². The Balaban J connectivity index is 1.41. The number of nitrogens with one attached hydrogen (secondary N) is 3. The van der Waals surface area contributed by atoms with Gasteiger partial charge in [0.15, 0.2) is 11.6 Å². The van der Waals surface area contributed by atoms with Gasteiger partial charge in [0.1, 0.15) is 34.8 Å². The van der Waals surface area contributed by atoms with Gasteiger partial charge in [0.05, 0.1) is 16.9 Å². The molecule has 3 heterocycles. The van der Waals surface area contributed by atoms with Crippen LogP contribution in [-0.2, 0) is 0 Å². The monoisotopic (exact) mass is 500 g/mol. The number of aromatic nitrogens is 3. The van der Waals surface area contributed by atoms with E-state index in [4.69, 9.17) is 15.3 Å². The van der Waals surface area contributed by atoms with Crippen molar-refractivity contribution < 1.29 is 9.13 Å². The molecule has 4 aromatic rings. The fourth-order valence-electron chi connectivity index (χ4n) is 4.44. The van der Waals surface area contributed by atoms with Crippen molar-refractivity contribution in [2.24, 2.45) is 11.0 Å². The van der Waals surface area contributed by atoms with E-state index >= 15 is 4.39 Å². The summed E-state index contributed by atoms with van der Waals surface area (Å²) in [7, 11) is 1.75. The Kier molecular flexibility index (Phi) is 6.80. The predicted octanol–water partition coefficient (Wildman–Crippen LogP) is 6.95. The van der Waals surface area contributed by atoms with E-state index in [1.54, 1.807) is 44.3 Å². The summed E-state index contributed by atoms with van der Waals surface area (Å²) in [6.45, 7) is 5.85. The molecule has 1 aliphatic heterocycles. The highest BCUT2D eigenvalue weighted by molar-refractivity contribution is 5.88. The lowest BCUT2D eigenvalue weighted by molar-refractivity contribution is 0.437. The largest absolute Gasteiger partial charge is 0.457 e. The topological polar surface area (TPSA) is 111 Å². The minimum absolute atomic E-state index is 0.260. The van der Waals surface area contributed by atoms with Crippen LogP contribution in [0.5, 0.6) is 11.5 Å². The number of hydrogen-bond acceptors (Lipinski definition) is 9. The van der Waals surface area contributed by atoms with Gasteiger partial charge in [-0.05, 0) is 62.1 Å². The third-order valence-corrected chi connectivity index (χ3v) is 6.75. The molecule has 0 spiro atoms. The number of benzene rings is 2. The molecule has 0 unspecified atom stereocenters. The Bertz CT molecular complexity index is 1450. The van der Waals surface area contributed by atoms with Crippen molar-refractivity contribution in [1.29, 1.82) is 5.53 Å². The van der Waals surface area contributed by atoms with Gasteiger partial charge in [-0.25, -0.2) is 24.9 Å². The Morgan fingerprint density at radius 1 is 1.08 bits per heavy atom. The van der Waals surface area contributed by atoms with Crippen LogP contribution in [0, 0.1) is 24.2 Å². The number of hydrogen-bond donors (Lipinski definition) is 3. The first-order valence-electron chi connectivity index (χ1n) is 12.3. The van der Waals surface area contributed by atoms with E-state index in [0.29, 0.717) is 45.3 Å². The summed E-state index contributed by atoms with van der Waals surface area (Å²) in [6, 6.07) is 12.3. The molecule has 0 aliphatic carbocycles. The minimum atomic E-state index is -0.456. The molecule has 1 aliphatic rings. The Hall–Kier alpha value is -4.34. The first-order valence-corrected chi connectivity index (χ1v) is 12.3. The molecule has 0 amide bonds. The fourth-order valence-corrected chi connectivity index (χ4v) is 4.44. The zero-order chi connectivity index (χ0) is 25.9. The van der Waals surface area contributed by atoms with Crippen LogP contribution in [-0.4, -0.2) is 35.1 Å². The molecule has 0 bridgehead atoms. The highest BCUT2D eigenvalue weighted by Gasteiger charge is 2.19. The van der Waals surface area contributed by atoms with E-state index in [2.05, 4.69) is 37.5 Å². The summed E-state index contributed by atoms with van der Waals surface area (Å²) in [5.74, 6) is 2.40. The highest BCUT2D eigenvalue weighted by atomic mass is 19.1. The summed E-state index contributed by atoms with van der Waals surface area (Å²) in [4.78, 5) is 15.8. The van der Waals surface area contributed by atoms with Crippen LogP contribution in [0.15, 0.2) is 53.9 Å². The molecule has 1 fully saturated rings. The van der Waals surface area contributed by atoms with Crippen molar-refractivity contribution in [3.8, 4) is 11.5 Å². The molecular weight excluding hydrogens is 471 g/mol. The number of fused-ring (bicyclic) bond motifs is 1. The maximum atomic E-state index is 15.4. The lowest BCUT2D eigenvalue weighted by Crippen LogP contribution is -2.33. The van der Waals surface area contributed by atoms with Gasteiger partial charge < -0.3 is 20.3 Å². The van der Waals surface area contributed by atoms with Crippen molar-refractivity contribution in [2.45, 2.75) is 26.7 Å². The van der Waals surface area contributed by atoms with Crippen molar-refractivity contribution in [2.75, 3.05) is 35.7 Å². The predicted molar refractivity (Wildman–Crippen MR) is 143 cm³/mol. The minimum Gasteiger partial charge on any atom is -0.457 e. The number of ether oxygens (including phenoxy) is 1. The lowest BCUT2D eigenvalue weighted by Gasteiger charge is -2.31. The zero-order valence-corrected chi connectivity index (χ0v) is 21.0. The molecule has 2 aromatic carbocycles. The second-order valence-corrected chi connectivity index (χ2v) is 9.25. The lowest BCUT2D eigenvalue weighted by atomic mass is 9.99. The summed E-state index contributed by atoms with van der Waals surface area (Å²) >= 11 is 0. The molecule has 10 heteroatoms. The number of rotatable bonds is 7. The molecule has 37 heavy (non-hydrogen) atoms. The van der Waals surface area contributed by atoms with Crippen molar-refractivity contribution in [3.05, 3.63) is 60.2 Å². The maximum Gasteiger partial charge on any atom is 0.160 e. The van der Waals surface area contributed by atoms with Crippen LogP contribution >= 0.6 is 0 Å². The molecule has 0 saturated carbocycles. The molecule has 2 aromatic heterocycles. The Morgan fingerprint density at radius 2 is 1.86 bits per heavy atom. The first kappa shape index (κ1) is 24.4. The fraction of sp³-hybridized carbons (Fsp3) is 0.296. The Labute approximate surface area is 214 Å². The van der Waals surface area contributed by atoms with Crippen LogP contribution < -0.4 is 20.3 Å². The summed E-state index contributed by atoms with van der Waals surface area (Å²) in [5.41, 5.74) is 10.4. The molecule has 9 nitrogen and oxygen atoms in total. The quantitative estimate of drug-likeness (QED) is 0.235. The number of pyridine rings is 1. The van der Waals surface area contributed by atoms with Gasteiger partial charge in [-0.1, -0.05) is 6.92 Å². The molecule has 190 valence electrons. The zero-order valence-electron chi connectivity index (χ0n) is 21.0. The first-order chi connectivity index (χ1) is 18.0. The molecule has 0 atom stereocenters. The van der Waals surface area contributed by atoms with E-state index in [1.165, 1.54) is 6.33 Å². The number of halogens is 1. The standard InChI is InChI=1S/C27H29FN8O/c1-16-10-12-36(13-11-16)24-9-7-21-26(34-24)27(32-15-31-21)33-20-6-8-23(17(2)25(20)28)37-18-4-5-19(30-3)22(14-18)35-29/h4-9,14-16,29-30H,10-13H2,1-3H3,(H,31,32,33). The Morgan fingerprint density at radius 3 is 2.62 bits per heavy atom. The molecule has 0 radical (unpaired) electrons. The highest BCUT2D eigenvalue weighted by Crippen LogP contribution is 2.36. The van der Waals surface area contributed by atoms with Gasteiger partial charge in [-0.2, -0.15) is 5.11 Å². The molecule has 3 N–H and O–H groups in total. The average Bonchev–Trinajstić information content (AvgIpc) is 2.93. The van der Waals surface area contributed by atoms with Crippen LogP contribution in [0.25, 0.3) is 11.0 Å². The van der Waals surface area contributed by atoms with Crippen molar-refractivity contribution in [1.82, 2.24) is 15.0 Å². The van der Waals surface area contributed by atoms with Gasteiger partial charge in [0.25, 0.3) is 0 Å². The van der Waals surface area contributed by atoms with Crippen LogP contribution in [0.2, 0.25) is 0 Å². The number of piperidine rings is 1. The number of anilines is 4. The smallest absolute Gasteiger partial charge is 0.160 e. The normalized spacial score (nSPS) is 14.0. The summed E-state index contributed by atoms with van der Waals surface area (Å²) in [6.07, 6.45) is 3.71. The van der Waals surface area contributed by atoms with E-state index in [0.717, 1.165) is 37.7 Å². The second-order valence-electron chi connectivity index (χ2n) is 9.25. The summed E-state index contributed by atoms with van der Waals surface area (Å²) < 4.78 is 21.4. The van der Waals surface area contributed by atoms with Gasteiger partial charge in [-0.15, -0.1) is 0 Å². The van der Waals surface area contributed by atoms with Gasteiger partial charge >= 0.3 is 0 Å². The second kappa shape index (κ2) is 10.3. The van der Waals surface area contributed by atoms with Crippen LogP contribution in [0.4, 0.5) is 33.1 Å². The van der Waals surface area contributed by atoms with Crippen molar-refractivity contribution >= 4 is 39.7 Å². The van der Waals surface area contributed by atoms with Gasteiger partial charge in [-0.3, -0.25) is 0 Å². The van der Waals surface area contributed by atoms with E-state index < -0.39 is 5.82 Å². The van der Waals surface area contributed by atoms with Gasteiger partial charge in [0.2, 0.25) is 0 Å². The van der Waals surface area contributed by atoms with Gasteiger partial charge in [0, 0.05) is 31.8 Å². The van der Waals surface area contributed by atoms with Crippen LogP contribution in [0.1, 0.15) is 25.3 Å². The van der Waals surface area contributed by atoms with E-state index in [1.807, 2.05) is 12.1 Å². The molecule has 5 rings (SSSR count). The molecule has 1 saturated heterocycles. The third-order valence-electron chi connectivity index (χ3n) is 6.75. The third kappa shape index (κ3) is 5.00.